The molecule has 0 aliphatic carbocycles. The Hall–Kier alpha value is -1.92. The van der Waals surface area contributed by atoms with E-state index in [1.54, 1.807) is 0 Å². The predicted molar refractivity (Wildman–Crippen MR) is 98.4 cm³/mol. The van der Waals surface area contributed by atoms with Crippen LogP contribution in [-0.4, -0.2) is 78.9 Å². The van der Waals surface area contributed by atoms with E-state index in [9.17, 15) is 9.59 Å². The summed E-state index contributed by atoms with van der Waals surface area (Å²) >= 11 is 0. The first-order valence-corrected chi connectivity index (χ1v) is 9.17. The lowest BCUT2D eigenvalue weighted by Gasteiger charge is -2.36. The van der Waals surface area contributed by atoms with Crippen molar-refractivity contribution in [1.29, 1.82) is 0 Å². The van der Waals surface area contributed by atoms with E-state index in [0.29, 0.717) is 6.04 Å². The van der Waals surface area contributed by atoms with Crippen LogP contribution in [0.15, 0.2) is 30.3 Å². The van der Waals surface area contributed by atoms with Crippen molar-refractivity contribution >= 4 is 17.5 Å². The Morgan fingerprint density at radius 3 is 2.48 bits per heavy atom. The van der Waals surface area contributed by atoms with Crippen LogP contribution in [0.3, 0.4) is 0 Å². The summed E-state index contributed by atoms with van der Waals surface area (Å²) in [6.07, 6.45) is 1.57. The van der Waals surface area contributed by atoms with Gasteiger partial charge < -0.3 is 15.1 Å². The summed E-state index contributed by atoms with van der Waals surface area (Å²) in [7, 11) is 2.16. The average Bonchev–Trinajstić information content (AvgIpc) is 3.11. The highest BCUT2D eigenvalue weighted by atomic mass is 16.2. The summed E-state index contributed by atoms with van der Waals surface area (Å²) in [6, 6.07) is 9.84. The molecule has 3 rings (SSSR count). The molecule has 0 radical (unpaired) electrons. The molecular weight excluding hydrogens is 316 g/mol. The summed E-state index contributed by atoms with van der Waals surface area (Å²) in [5.74, 6) is -0.00537. The number of carbonyl (C=O) groups excluding carboxylic acids is 2. The maximum Gasteiger partial charge on any atom is 0.224 e. The highest BCUT2D eigenvalue weighted by Gasteiger charge is 2.31. The smallest absolute Gasteiger partial charge is 0.224 e. The number of likely N-dealkylation sites (N-methyl/N-ethyl adjacent to an activating group) is 1. The van der Waals surface area contributed by atoms with E-state index in [1.165, 1.54) is 0 Å². The van der Waals surface area contributed by atoms with Gasteiger partial charge in [-0.25, -0.2) is 0 Å². The summed E-state index contributed by atoms with van der Waals surface area (Å²) in [5, 5.41) is 2.83. The van der Waals surface area contributed by atoms with E-state index < -0.39 is 0 Å². The molecule has 2 fully saturated rings. The van der Waals surface area contributed by atoms with Gasteiger partial charge in [0.15, 0.2) is 0 Å². The van der Waals surface area contributed by atoms with Crippen LogP contribution in [0, 0.1) is 0 Å². The second-order valence-corrected chi connectivity index (χ2v) is 7.04. The standard InChI is InChI=1S/C19H28N4O2/c1-21-11-13-22(14-12-21)17-9-10-23(15-17)19(25)8-7-18(24)20-16-5-3-2-4-6-16/h2-6,17H,7-15H2,1H3,(H,20,24). The Bertz CT molecular complexity index is 584. The van der Waals surface area contributed by atoms with Crippen LogP contribution < -0.4 is 5.32 Å². The molecule has 1 aromatic rings. The van der Waals surface area contributed by atoms with Crippen molar-refractivity contribution in [3.05, 3.63) is 30.3 Å². The summed E-state index contributed by atoms with van der Waals surface area (Å²) < 4.78 is 0. The number of hydrogen-bond acceptors (Lipinski definition) is 4. The molecule has 136 valence electrons. The number of piperazine rings is 1. The fourth-order valence-corrected chi connectivity index (χ4v) is 3.58. The molecule has 2 amide bonds. The zero-order valence-electron chi connectivity index (χ0n) is 15.0. The van der Waals surface area contributed by atoms with Gasteiger partial charge in [0.2, 0.25) is 11.8 Å². The van der Waals surface area contributed by atoms with E-state index in [1.807, 2.05) is 35.2 Å². The molecule has 0 aromatic heterocycles. The number of anilines is 1. The highest BCUT2D eigenvalue weighted by Crippen LogP contribution is 2.18. The molecule has 2 aliphatic rings. The zero-order chi connectivity index (χ0) is 17.6. The number of nitrogens with one attached hydrogen (secondary N) is 1. The van der Waals surface area contributed by atoms with Crippen molar-refractivity contribution in [3.63, 3.8) is 0 Å². The van der Waals surface area contributed by atoms with Gasteiger partial charge in [0.25, 0.3) is 0 Å². The maximum absolute atomic E-state index is 12.4. The molecular formula is C19H28N4O2. The van der Waals surface area contributed by atoms with Crippen molar-refractivity contribution in [3.8, 4) is 0 Å². The third kappa shape index (κ3) is 5.03. The Morgan fingerprint density at radius 2 is 1.76 bits per heavy atom. The van der Waals surface area contributed by atoms with E-state index in [2.05, 4.69) is 22.2 Å². The lowest BCUT2D eigenvalue weighted by atomic mass is 10.2. The Kier molecular flexibility index (Phi) is 6.04. The summed E-state index contributed by atoms with van der Waals surface area (Å²) in [4.78, 5) is 31.2. The van der Waals surface area contributed by atoms with Gasteiger partial charge in [-0.15, -0.1) is 0 Å². The van der Waals surface area contributed by atoms with Crippen molar-refractivity contribution in [2.75, 3.05) is 51.6 Å². The van der Waals surface area contributed by atoms with Gasteiger partial charge in [0.1, 0.15) is 0 Å². The Balaban J connectivity index is 1.39. The molecule has 25 heavy (non-hydrogen) atoms. The predicted octanol–water partition coefficient (Wildman–Crippen LogP) is 1.25. The molecule has 6 nitrogen and oxygen atoms in total. The van der Waals surface area contributed by atoms with E-state index in [0.717, 1.165) is 51.4 Å². The number of carbonyl (C=O) groups is 2. The number of nitrogens with zero attached hydrogens (tertiary/aromatic N) is 3. The minimum atomic E-state index is -0.102. The molecule has 1 atom stereocenters. The van der Waals surface area contributed by atoms with Gasteiger partial charge in [0, 0.05) is 63.8 Å². The molecule has 0 bridgehead atoms. The Labute approximate surface area is 149 Å². The number of benzene rings is 1. The molecule has 1 aromatic carbocycles. The largest absolute Gasteiger partial charge is 0.341 e. The number of rotatable bonds is 5. The van der Waals surface area contributed by atoms with Crippen LogP contribution in [0.1, 0.15) is 19.3 Å². The number of para-hydroxylation sites is 1. The maximum atomic E-state index is 12.4. The van der Waals surface area contributed by atoms with Crippen LogP contribution in [0.5, 0.6) is 0 Å². The Morgan fingerprint density at radius 1 is 1.04 bits per heavy atom. The quantitative estimate of drug-likeness (QED) is 0.874. The zero-order valence-corrected chi connectivity index (χ0v) is 15.0. The van der Waals surface area contributed by atoms with Crippen molar-refractivity contribution in [2.24, 2.45) is 0 Å². The van der Waals surface area contributed by atoms with Crippen LogP contribution in [-0.2, 0) is 9.59 Å². The van der Waals surface area contributed by atoms with Crippen molar-refractivity contribution < 1.29 is 9.59 Å². The minimum absolute atomic E-state index is 0.0971. The first-order chi connectivity index (χ1) is 12.1. The first kappa shape index (κ1) is 17.9. The average molecular weight is 344 g/mol. The molecule has 0 spiro atoms. The summed E-state index contributed by atoms with van der Waals surface area (Å²) in [6.45, 7) is 6.00. The topological polar surface area (TPSA) is 55.9 Å². The van der Waals surface area contributed by atoms with Crippen LogP contribution in [0.25, 0.3) is 0 Å². The third-order valence-electron chi connectivity index (χ3n) is 5.19. The van der Waals surface area contributed by atoms with Gasteiger partial charge in [-0.05, 0) is 25.6 Å². The van der Waals surface area contributed by atoms with Gasteiger partial charge >= 0.3 is 0 Å². The number of amides is 2. The molecule has 2 heterocycles. The normalized spacial score (nSPS) is 22.1. The third-order valence-corrected chi connectivity index (χ3v) is 5.19. The van der Waals surface area contributed by atoms with Gasteiger partial charge in [0.05, 0.1) is 0 Å². The molecule has 1 N–H and O–H groups in total. The van der Waals surface area contributed by atoms with Gasteiger partial charge in [-0.2, -0.15) is 0 Å². The molecule has 1 unspecified atom stereocenters. The summed E-state index contributed by atoms with van der Waals surface area (Å²) in [5.41, 5.74) is 0.774. The van der Waals surface area contributed by atoms with E-state index >= 15 is 0 Å². The lowest BCUT2D eigenvalue weighted by molar-refractivity contribution is -0.132. The second kappa shape index (κ2) is 8.45. The van der Waals surface area contributed by atoms with Gasteiger partial charge in [-0.3, -0.25) is 14.5 Å². The minimum Gasteiger partial charge on any atom is -0.341 e. The second-order valence-electron chi connectivity index (χ2n) is 7.04. The fraction of sp³-hybridized carbons (Fsp3) is 0.579. The SMILES string of the molecule is CN1CCN(C2CCN(C(=O)CCC(=O)Nc3ccccc3)C2)CC1. The van der Waals surface area contributed by atoms with E-state index in [-0.39, 0.29) is 24.7 Å². The van der Waals surface area contributed by atoms with Crippen molar-refractivity contribution in [2.45, 2.75) is 25.3 Å². The number of likely N-dealkylation sites (tertiary alicyclic amines) is 1. The monoisotopic (exact) mass is 344 g/mol. The van der Waals surface area contributed by atoms with Crippen molar-refractivity contribution in [1.82, 2.24) is 14.7 Å². The molecule has 6 heteroatoms. The fourth-order valence-electron chi connectivity index (χ4n) is 3.58. The lowest BCUT2D eigenvalue weighted by Crippen LogP contribution is -2.50. The highest BCUT2D eigenvalue weighted by molar-refractivity contribution is 5.93. The molecule has 2 aliphatic heterocycles. The molecule has 2 saturated heterocycles. The first-order valence-electron chi connectivity index (χ1n) is 9.17. The van der Waals surface area contributed by atoms with E-state index in [4.69, 9.17) is 0 Å². The van der Waals surface area contributed by atoms with Crippen LogP contribution in [0.2, 0.25) is 0 Å². The number of hydrogen-bond donors (Lipinski definition) is 1. The van der Waals surface area contributed by atoms with Gasteiger partial charge in [-0.1, -0.05) is 18.2 Å². The van der Waals surface area contributed by atoms with Crippen LogP contribution >= 0.6 is 0 Å². The molecule has 0 saturated carbocycles. The van der Waals surface area contributed by atoms with Crippen LogP contribution in [0.4, 0.5) is 5.69 Å².